The SMILES string of the molecule is O=C(O)CSC(=S)c1cc(F)ccc1F. The zero-order valence-electron chi connectivity index (χ0n) is 7.37. The molecular weight excluding hydrogens is 242 g/mol. The van der Waals surface area contributed by atoms with E-state index in [-0.39, 0.29) is 15.5 Å². The van der Waals surface area contributed by atoms with Crippen LogP contribution in [0.15, 0.2) is 18.2 Å². The fraction of sp³-hybridized carbons (Fsp3) is 0.111. The molecule has 0 spiro atoms. The molecule has 0 unspecified atom stereocenters. The van der Waals surface area contributed by atoms with Crippen LogP contribution in [0, 0.1) is 11.6 Å². The zero-order chi connectivity index (χ0) is 11.4. The second-order valence-electron chi connectivity index (χ2n) is 2.59. The maximum atomic E-state index is 13.1. The van der Waals surface area contributed by atoms with Crippen LogP contribution in [0.5, 0.6) is 0 Å². The van der Waals surface area contributed by atoms with Crippen molar-refractivity contribution in [3.8, 4) is 0 Å². The van der Waals surface area contributed by atoms with Gasteiger partial charge in [0.25, 0.3) is 0 Å². The Morgan fingerprint density at radius 3 is 2.73 bits per heavy atom. The van der Waals surface area contributed by atoms with Crippen LogP contribution in [0.2, 0.25) is 0 Å². The molecule has 0 aromatic heterocycles. The molecular formula is C9H6F2O2S2. The second kappa shape index (κ2) is 5.18. The molecule has 0 atom stereocenters. The van der Waals surface area contributed by atoms with Gasteiger partial charge in [-0.25, -0.2) is 8.78 Å². The molecule has 0 fully saturated rings. The molecule has 0 heterocycles. The third-order valence-corrected chi connectivity index (χ3v) is 2.92. The maximum Gasteiger partial charge on any atom is 0.313 e. The van der Waals surface area contributed by atoms with Gasteiger partial charge in [-0.05, 0) is 18.2 Å². The summed E-state index contributed by atoms with van der Waals surface area (Å²) in [7, 11) is 0. The number of carbonyl (C=O) groups is 1. The van der Waals surface area contributed by atoms with Crippen LogP contribution in [0.25, 0.3) is 0 Å². The van der Waals surface area contributed by atoms with Gasteiger partial charge in [-0.15, -0.1) is 11.8 Å². The van der Waals surface area contributed by atoms with Gasteiger partial charge < -0.3 is 5.11 Å². The van der Waals surface area contributed by atoms with Crippen molar-refractivity contribution >= 4 is 34.1 Å². The van der Waals surface area contributed by atoms with Crippen LogP contribution in [-0.2, 0) is 4.79 Å². The summed E-state index contributed by atoms with van der Waals surface area (Å²) >= 11 is 5.56. The van der Waals surface area contributed by atoms with Crippen molar-refractivity contribution in [2.24, 2.45) is 0 Å². The van der Waals surface area contributed by atoms with Crippen LogP contribution in [-0.4, -0.2) is 21.0 Å². The van der Waals surface area contributed by atoms with Crippen LogP contribution in [0.1, 0.15) is 5.56 Å². The van der Waals surface area contributed by atoms with Crippen molar-refractivity contribution in [2.45, 2.75) is 0 Å². The predicted octanol–water partition coefficient (Wildman–Crippen LogP) is 2.46. The quantitative estimate of drug-likeness (QED) is 0.834. The summed E-state index contributed by atoms with van der Waals surface area (Å²) in [5.74, 6) is -2.59. The highest BCUT2D eigenvalue weighted by atomic mass is 32.2. The molecule has 1 aromatic carbocycles. The molecule has 1 N–H and O–H groups in total. The number of aliphatic carboxylic acids is 1. The Hall–Kier alpha value is -1.01. The Balaban J connectivity index is 2.81. The lowest BCUT2D eigenvalue weighted by Crippen LogP contribution is -2.04. The number of carboxylic acids is 1. The first-order valence-corrected chi connectivity index (χ1v) is 5.24. The summed E-state index contributed by atoms with van der Waals surface area (Å²) in [5, 5.41) is 8.38. The molecule has 0 saturated heterocycles. The Labute approximate surface area is 94.3 Å². The average molecular weight is 248 g/mol. The first kappa shape index (κ1) is 12.1. The highest BCUT2D eigenvalue weighted by Gasteiger charge is 2.11. The van der Waals surface area contributed by atoms with E-state index in [2.05, 4.69) is 0 Å². The second-order valence-corrected chi connectivity index (χ2v) is 4.25. The maximum absolute atomic E-state index is 13.1. The first-order chi connectivity index (χ1) is 7.00. The van der Waals surface area contributed by atoms with E-state index in [9.17, 15) is 13.6 Å². The molecule has 0 bridgehead atoms. The number of carboxylic acid groups (broad SMARTS) is 1. The Bertz CT molecular complexity index is 407. The molecule has 6 heteroatoms. The van der Waals surface area contributed by atoms with Gasteiger partial charge in [0.05, 0.1) is 9.95 Å². The summed E-state index contributed by atoms with van der Waals surface area (Å²) < 4.78 is 25.9. The minimum Gasteiger partial charge on any atom is -0.481 e. The van der Waals surface area contributed by atoms with Gasteiger partial charge in [-0.3, -0.25) is 4.79 Å². The van der Waals surface area contributed by atoms with Crippen LogP contribution < -0.4 is 0 Å². The molecule has 2 nitrogen and oxygen atoms in total. The summed E-state index contributed by atoms with van der Waals surface area (Å²) in [6.07, 6.45) is 0. The van der Waals surface area contributed by atoms with E-state index in [1.165, 1.54) is 0 Å². The fourth-order valence-electron chi connectivity index (χ4n) is 0.859. The molecule has 0 amide bonds. The predicted molar refractivity (Wildman–Crippen MR) is 58.2 cm³/mol. The molecule has 1 rings (SSSR count). The molecule has 0 aliphatic heterocycles. The van der Waals surface area contributed by atoms with Crippen molar-refractivity contribution in [1.82, 2.24) is 0 Å². The van der Waals surface area contributed by atoms with E-state index >= 15 is 0 Å². The molecule has 0 aliphatic carbocycles. The lowest BCUT2D eigenvalue weighted by atomic mass is 10.2. The lowest BCUT2D eigenvalue weighted by molar-refractivity contribution is -0.133. The van der Waals surface area contributed by atoms with Crippen molar-refractivity contribution in [2.75, 3.05) is 5.75 Å². The Morgan fingerprint density at radius 2 is 2.13 bits per heavy atom. The Morgan fingerprint density at radius 1 is 1.47 bits per heavy atom. The minimum atomic E-state index is -1.06. The molecule has 0 saturated carbocycles. The largest absolute Gasteiger partial charge is 0.481 e. The van der Waals surface area contributed by atoms with E-state index in [0.29, 0.717) is 0 Å². The molecule has 0 radical (unpaired) electrons. The van der Waals surface area contributed by atoms with Gasteiger partial charge in [-0.2, -0.15) is 0 Å². The van der Waals surface area contributed by atoms with E-state index < -0.39 is 17.6 Å². The monoisotopic (exact) mass is 248 g/mol. The topological polar surface area (TPSA) is 37.3 Å². The zero-order valence-corrected chi connectivity index (χ0v) is 9.00. The van der Waals surface area contributed by atoms with E-state index in [4.69, 9.17) is 17.3 Å². The smallest absolute Gasteiger partial charge is 0.313 e. The van der Waals surface area contributed by atoms with Crippen LogP contribution in [0.3, 0.4) is 0 Å². The standard InChI is InChI=1S/C9H6F2O2S2/c10-5-1-2-7(11)6(3-5)9(14)15-4-8(12)13/h1-3H,4H2,(H,12,13). The number of benzene rings is 1. The number of thiocarbonyl (C=S) groups is 1. The van der Waals surface area contributed by atoms with Crippen LogP contribution >= 0.6 is 24.0 Å². The molecule has 0 aliphatic rings. The van der Waals surface area contributed by atoms with E-state index in [1.807, 2.05) is 0 Å². The van der Waals surface area contributed by atoms with Gasteiger partial charge in [0, 0.05) is 5.56 Å². The number of rotatable bonds is 3. The summed E-state index contributed by atoms with van der Waals surface area (Å²) in [6.45, 7) is 0. The van der Waals surface area contributed by atoms with Gasteiger partial charge in [0.2, 0.25) is 0 Å². The number of halogens is 2. The highest BCUT2D eigenvalue weighted by molar-refractivity contribution is 8.24. The van der Waals surface area contributed by atoms with Crippen molar-refractivity contribution < 1.29 is 18.7 Å². The number of hydrogen-bond acceptors (Lipinski definition) is 3. The number of hydrogen-bond donors (Lipinski definition) is 1. The molecule has 15 heavy (non-hydrogen) atoms. The van der Waals surface area contributed by atoms with Gasteiger partial charge in [0.15, 0.2) is 0 Å². The average Bonchev–Trinajstić information content (AvgIpc) is 2.18. The molecule has 80 valence electrons. The van der Waals surface area contributed by atoms with Crippen molar-refractivity contribution in [1.29, 1.82) is 0 Å². The first-order valence-electron chi connectivity index (χ1n) is 3.84. The molecule has 1 aromatic rings. The third-order valence-electron chi connectivity index (χ3n) is 1.48. The Kier molecular flexibility index (Phi) is 4.16. The lowest BCUT2D eigenvalue weighted by Gasteiger charge is -2.03. The van der Waals surface area contributed by atoms with Gasteiger partial charge in [0.1, 0.15) is 11.6 Å². The van der Waals surface area contributed by atoms with Gasteiger partial charge >= 0.3 is 5.97 Å². The summed E-state index contributed by atoms with van der Waals surface area (Å²) in [5.41, 5.74) is -0.0729. The van der Waals surface area contributed by atoms with Gasteiger partial charge in [-0.1, -0.05) is 12.2 Å². The van der Waals surface area contributed by atoms with Crippen molar-refractivity contribution in [3.63, 3.8) is 0 Å². The van der Waals surface area contributed by atoms with E-state index in [1.54, 1.807) is 0 Å². The fourth-order valence-corrected chi connectivity index (χ4v) is 1.76. The van der Waals surface area contributed by atoms with Crippen molar-refractivity contribution in [3.05, 3.63) is 35.4 Å². The summed E-state index contributed by atoms with van der Waals surface area (Å²) in [6, 6.07) is 2.88. The highest BCUT2D eigenvalue weighted by Crippen LogP contribution is 2.18. The third kappa shape index (κ3) is 3.56. The van der Waals surface area contributed by atoms with Crippen LogP contribution in [0.4, 0.5) is 8.78 Å². The normalized spacial score (nSPS) is 10.0. The minimum absolute atomic E-state index is 0.0365. The summed E-state index contributed by atoms with van der Waals surface area (Å²) in [4.78, 5) is 10.2. The van der Waals surface area contributed by atoms with E-state index in [0.717, 1.165) is 30.0 Å². The number of thioether (sulfide) groups is 1.